The predicted octanol–water partition coefficient (Wildman–Crippen LogP) is 1.77. The van der Waals surface area contributed by atoms with Gasteiger partial charge in [0.2, 0.25) is 5.01 Å². The highest BCUT2D eigenvalue weighted by Gasteiger charge is 2.13. The van der Waals surface area contributed by atoms with Crippen molar-refractivity contribution >= 4 is 23.2 Å². The van der Waals surface area contributed by atoms with Crippen molar-refractivity contribution < 1.29 is 14.7 Å². The molecule has 2 N–H and O–H groups in total. The Morgan fingerprint density at radius 1 is 1.28 bits per heavy atom. The number of carboxylic acid groups (broad SMARTS) is 1. The van der Waals surface area contributed by atoms with E-state index in [9.17, 15) is 9.59 Å². The summed E-state index contributed by atoms with van der Waals surface area (Å²) in [6, 6.07) is 9.44. The molecule has 0 unspecified atom stereocenters. The lowest BCUT2D eigenvalue weighted by Crippen LogP contribution is -2.23. The van der Waals surface area contributed by atoms with Crippen LogP contribution in [0, 0.1) is 0 Å². The van der Waals surface area contributed by atoms with E-state index in [1.54, 1.807) is 0 Å². The molecule has 1 aromatic heterocycles. The molecule has 18 heavy (non-hydrogen) atoms. The third kappa shape index (κ3) is 2.92. The lowest BCUT2D eigenvalue weighted by atomic mass is 10.2. The average Bonchev–Trinajstić information content (AvgIpc) is 2.87. The van der Waals surface area contributed by atoms with Gasteiger partial charge in [0.15, 0.2) is 0 Å². The third-order valence-corrected chi connectivity index (χ3v) is 3.05. The van der Waals surface area contributed by atoms with E-state index in [0.717, 1.165) is 16.9 Å². The highest BCUT2D eigenvalue weighted by atomic mass is 32.1. The van der Waals surface area contributed by atoms with Gasteiger partial charge in [-0.3, -0.25) is 4.79 Å². The van der Waals surface area contributed by atoms with E-state index < -0.39 is 5.97 Å². The van der Waals surface area contributed by atoms with Crippen molar-refractivity contribution in [1.29, 1.82) is 0 Å². The minimum absolute atomic E-state index is 0.0835. The molecule has 2 rings (SSSR count). The molecule has 0 radical (unpaired) electrons. The molecule has 1 heterocycles. The Balaban J connectivity index is 1.97. The fourth-order valence-corrected chi connectivity index (χ4v) is 1.98. The van der Waals surface area contributed by atoms with Crippen molar-refractivity contribution in [2.45, 2.75) is 6.54 Å². The van der Waals surface area contributed by atoms with E-state index in [1.807, 2.05) is 30.3 Å². The van der Waals surface area contributed by atoms with Gasteiger partial charge >= 0.3 is 5.97 Å². The smallest absolute Gasteiger partial charge is 0.365 e. The number of carbonyl (C=O) groups is 2. The second-order valence-electron chi connectivity index (χ2n) is 3.51. The van der Waals surface area contributed by atoms with Crippen LogP contribution in [0.4, 0.5) is 0 Å². The molecule has 0 aliphatic rings. The zero-order chi connectivity index (χ0) is 13.0. The van der Waals surface area contributed by atoms with Crippen LogP contribution in [0.15, 0.2) is 35.7 Å². The summed E-state index contributed by atoms with van der Waals surface area (Å²) >= 11 is 0.936. The van der Waals surface area contributed by atoms with Crippen molar-refractivity contribution in [2.24, 2.45) is 0 Å². The zero-order valence-corrected chi connectivity index (χ0v) is 10.1. The first-order chi connectivity index (χ1) is 8.66. The van der Waals surface area contributed by atoms with Crippen molar-refractivity contribution in [3.05, 3.63) is 52.0 Å². The molecule has 2 aromatic rings. The predicted molar refractivity (Wildman–Crippen MR) is 66.7 cm³/mol. The van der Waals surface area contributed by atoms with Crippen LogP contribution in [0.25, 0.3) is 0 Å². The van der Waals surface area contributed by atoms with Crippen LogP contribution in [0.5, 0.6) is 0 Å². The van der Waals surface area contributed by atoms with Gasteiger partial charge < -0.3 is 10.4 Å². The van der Waals surface area contributed by atoms with Crippen molar-refractivity contribution in [1.82, 2.24) is 10.3 Å². The van der Waals surface area contributed by atoms with E-state index in [-0.39, 0.29) is 16.6 Å². The molecule has 1 amide bonds. The molecule has 1 aromatic carbocycles. The summed E-state index contributed by atoms with van der Waals surface area (Å²) in [7, 11) is 0. The molecule has 0 saturated heterocycles. The van der Waals surface area contributed by atoms with Crippen LogP contribution in [0.1, 0.15) is 25.9 Å². The molecular formula is C12H10N2O3S. The Morgan fingerprint density at radius 2 is 2.00 bits per heavy atom. The minimum atomic E-state index is -1.12. The molecule has 0 fully saturated rings. The van der Waals surface area contributed by atoms with Gasteiger partial charge in [0.1, 0.15) is 5.69 Å². The largest absolute Gasteiger partial charge is 0.476 e. The number of thiazole rings is 1. The van der Waals surface area contributed by atoms with E-state index in [4.69, 9.17) is 5.11 Å². The summed E-state index contributed by atoms with van der Waals surface area (Å²) in [5.74, 6) is -1.50. The number of amides is 1. The van der Waals surface area contributed by atoms with Gasteiger partial charge in [-0.05, 0) is 5.56 Å². The van der Waals surface area contributed by atoms with E-state index in [0.29, 0.717) is 6.54 Å². The summed E-state index contributed by atoms with van der Waals surface area (Å²) in [4.78, 5) is 26.1. The fourth-order valence-electron chi connectivity index (χ4n) is 1.35. The molecule has 0 saturated carbocycles. The summed E-state index contributed by atoms with van der Waals surface area (Å²) in [6.07, 6.45) is 0. The number of benzene rings is 1. The van der Waals surface area contributed by atoms with E-state index in [2.05, 4.69) is 10.3 Å². The number of carbonyl (C=O) groups excluding carboxylic acids is 1. The number of hydrogen-bond donors (Lipinski definition) is 2. The van der Waals surface area contributed by atoms with Crippen molar-refractivity contribution in [3.63, 3.8) is 0 Å². The minimum Gasteiger partial charge on any atom is -0.476 e. The first-order valence-corrected chi connectivity index (χ1v) is 6.06. The van der Waals surface area contributed by atoms with Crippen LogP contribution in [-0.2, 0) is 6.54 Å². The summed E-state index contributed by atoms with van der Waals surface area (Å²) in [5, 5.41) is 12.7. The maximum Gasteiger partial charge on any atom is 0.365 e. The summed E-state index contributed by atoms with van der Waals surface area (Å²) in [6.45, 7) is 0.388. The first kappa shape index (κ1) is 12.3. The van der Waals surface area contributed by atoms with Crippen LogP contribution >= 0.6 is 11.3 Å². The first-order valence-electron chi connectivity index (χ1n) is 5.18. The second-order valence-corrected chi connectivity index (χ2v) is 4.37. The maximum absolute atomic E-state index is 11.7. The van der Waals surface area contributed by atoms with Gasteiger partial charge in [0.05, 0.1) is 0 Å². The van der Waals surface area contributed by atoms with Crippen molar-refractivity contribution in [3.8, 4) is 0 Å². The van der Waals surface area contributed by atoms with Crippen LogP contribution in [0.2, 0.25) is 0 Å². The quantitative estimate of drug-likeness (QED) is 0.880. The lowest BCUT2D eigenvalue weighted by Gasteiger charge is -2.02. The number of aromatic nitrogens is 1. The highest BCUT2D eigenvalue weighted by Crippen LogP contribution is 2.09. The average molecular weight is 262 g/mol. The van der Waals surface area contributed by atoms with Crippen molar-refractivity contribution in [2.75, 3.05) is 0 Å². The molecular weight excluding hydrogens is 252 g/mol. The van der Waals surface area contributed by atoms with Gasteiger partial charge in [0, 0.05) is 11.9 Å². The number of nitrogens with zero attached hydrogens (tertiary/aromatic N) is 1. The number of carboxylic acids is 1. The molecule has 5 nitrogen and oxygen atoms in total. The molecule has 0 aliphatic carbocycles. The highest BCUT2D eigenvalue weighted by molar-refractivity contribution is 7.11. The molecule has 92 valence electrons. The van der Waals surface area contributed by atoms with Gasteiger partial charge in [-0.1, -0.05) is 30.3 Å². The molecule has 0 atom stereocenters. The van der Waals surface area contributed by atoms with Gasteiger partial charge in [-0.15, -0.1) is 11.3 Å². The lowest BCUT2D eigenvalue weighted by molar-refractivity contribution is 0.0696. The number of rotatable bonds is 4. The molecule has 0 bridgehead atoms. The Bertz CT molecular complexity index is 566. The zero-order valence-electron chi connectivity index (χ0n) is 9.29. The van der Waals surface area contributed by atoms with Crippen LogP contribution in [-0.4, -0.2) is 22.0 Å². The Morgan fingerprint density at radius 3 is 2.61 bits per heavy atom. The number of aromatic carboxylic acids is 1. The van der Waals surface area contributed by atoms with Gasteiger partial charge in [0.25, 0.3) is 5.91 Å². The topological polar surface area (TPSA) is 79.3 Å². The van der Waals surface area contributed by atoms with Crippen LogP contribution < -0.4 is 5.32 Å². The van der Waals surface area contributed by atoms with Gasteiger partial charge in [-0.2, -0.15) is 0 Å². The normalized spacial score (nSPS) is 10.0. The molecule has 0 spiro atoms. The van der Waals surface area contributed by atoms with E-state index in [1.165, 1.54) is 5.38 Å². The summed E-state index contributed by atoms with van der Waals surface area (Å²) < 4.78 is 0. The monoisotopic (exact) mass is 262 g/mol. The van der Waals surface area contributed by atoms with E-state index >= 15 is 0 Å². The fraction of sp³-hybridized carbons (Fsp3) is 0.0833. The standard InChI is InChI=1S/C12H10N2O3S/c15-10(9-7-18-11(14-9)12(16)17)13-6-8-4-2-1-3-5-8/h1-5,7H,6H2,(H,13,15)(H,16,17). The number of hydrogen-bond acceptors (Lipinski definition) is 4. The Kier molecular flexibility index (Phi) is 3.69. The Hall–Kier alpha value is -2.21. The number of nitrogens with one attached hydrogen (secondary N) is 1. The molecule has 6 heteroatoms. The van der Waals surface area contributed by atoms with Gasteiger partial charge in [-0.25, -0.2) is 9.78 Å². The second kappa shape index (κ2) is 5.42. The third-order valence-electron chi connectivity index (χ3n) is 2.22. The van der Waals surface area contributed by atoms with Crippen LogP contribution in [0.3, 0.4) is 0 Å². The maximum atomic E-state index is 11.7. The Labute approximate surface area is 107 Å². The summed E-state index contributed by atoms with van der Waals surface area (Å²) in [5.41, 5.74) is 1.10. The SMILES string of the molecule is O=C(NCc1ccccc1)c1csc(C(=O)O)n1. The molecule has 0 aliphatic heterocycles.